The number of para-hydroxylation sites is 6. The van der Waals surface area contributed by atoms with Gasteiger partial charge in [0.2, 0.25) is 11.6 Å². The molecule has 6 heterocycles. The fourth-order valence-corrected chi connectivity index (χ4v) is 7.90. The zero-order chi connectivity index (χ0) is 38.5. The van der Waals surface area contributed by atoms with E-state index in [1.165, 1.54) is 0 Å². The summed E-state index contributed by atoms with van der Waals surface area (Å²) in [7, 11) is 0. The van der Waals surface area contributed by atoms with E-state index >= 15 is 0 Å². The zero-order valence-electron chi connectivity index (χ0n) is 33.0. The normalized spacial score (nSPS) is 18.1. The van der Waals surface area contributed by atoms with Gasteiger partial charge in [0.15, 0.2) is 0 Å². The monoisotopic (exact) mass is 655 g/mol. The van der Waals surface area contributed by atoms with Crippen molar-refractivity contribution in [3.05, 3.63) is 138 Å². The second kappa shape index (κ2) is 9.39. The average molecular weight is 656 g/mol. The molecule has 0 fully saturated rings. The number of pyridine rings is 1. The maximum atomic E-state index is 9.11. The molecule has 5 aromatic heterocycles. The molecule has 0 bridgehead atoms. The summed E-state index contributed by atoms with van der Waals surface area (Å²) in [6.07, 6.45) is 1.60. The van der Waals surface area contributed by atoms with Crippen molar-refractivity contribution in [2.75, 3.05) is 0 Å². The van der Waals surface area contributed by atoms with E-state index in [0.717, 1.165) is 38.7 Å². The maximum absolute atomic E-state index is 9.11. The molecule has 1 aliphatic heterocycles. The molecule has 0 N–H and O–H groups in total. The molecule has 5 aromatic carbocycles. The van der Waals surface area contributed by atoms with Gasteiger partial charge in [-0.1, -0.05) is 62.3 Å². The van der Waals surface area contributed by atoms with E-state index < -0.39 is 19.1 Å². The lowest BCUT2D eigenvalue weighted by Crippen LogP contribution is -2.25. The molecule has 0 spiro atoms. The van der Waals surface area contributed by atoms with Crippen molar-refractivity contribution in [2.24, 2.45) is 0 Å². The first-order chi connectivity index (χ1) is 26.8. The summed E-state index contributed by atoms with van der Waals surface area (Å²) in [6.45, 7) is -1.13. The van der Waals surface area contributed by atoms with Crippen molar-refractivity contribution in [3.63, 3.8) is 0 Å². The average Bonchev–Trinajstić information content (AvgIpc) is 3.91. The quantitative estimate of drug-likeness (QED) is 0.186. The molecular formula is C42H31N7O. The van der Waals surface area contributed by atoms with Gasteiger partial charge in [-0.2, -0.15) is 0 Å². The Morgan fingerprint density at radius 3 is 1.92 bits per heavy atom. The molecule has 8 nitrogen and oxygen atoms in total. The van der Waals surface area contributed by atoms with Crippen LogP contribution < -0.4 is 4.74 Å². The summed E-state index contributed by atoms with van der Waals surface area (Å²) in [6, 6.07) is 34.4. The van der Waals surface area contributed by atoms with Crippen molar-refractivity contribution < 1.29 is 13.0 Å². The van der Waals surface area contributed by atoms with E-state index in [9.17, 15) is 0 Å². The Hall–Kier alpha value is -6.41. The van der Waals surface area contributed by atoms with Crippen LogP contribution in [0, 0.1) is 13.8 Å². The van der Waals surface area contributed by atoms with Crippen LogP contribution in [0.25, 0.3) is 67.2 Å². The van der Waals surface area contributed by atoms with Crippen molar-refractivity contribution in [1.29, 1.82) is 0 Å². The van der Waals surface area contributed by atoms with Crippen LogP contribution in [0.3, 0.4) is 0 Å². The smallest absolute Gasteiger partial charge is 0.221 e. The number of benzene rings is 5. The fraction of sp³-hybridized carbons (Fsp3) is 0.119. The largest absolute Gasteiger partial charge is 0.455 e. The molecule has 11 rings (SSSR count). The summed E-state index contributed by atoms with van der Waals surface area (Å²) in [4.78, 5) is 14.9. The summed E-state index contributed by atoms with van der Waals surface area (Å²) >= 11 is 0. The number of nitrogens with zero attached hydrogens (tertiary/aromatic N) is 7. The van der Waals surface area contributed by atoms with Crippen molar-refractivity contribution in [3.8, 4) is 23.0 Å². The van der Waals surface area contributed by atoms with Crippen LogP contribution in [0.2, 0.25) is 0 Å². The summed E-state index contributed by atoms with van der Waals surface area (Å²) < 4.78 is 66.4. The van der Waals surface area contributed by atoms with Crippen LogP contribution in [0.1, 0.15) is 44.3 Å². The highest BCUT2D eigenvalue weighted by Gasteiger charge is 2.36. The number of aromatic nitrogens is 7. The van der Waals surface area contributed by atoms with Crippen molar-refractivity contribution >= 4 is 55.7 Å². The number of fused-ring (bicyclic) bond motifs is 12. The first-order valence-corrected chi connectivity index (χ1v) is 16.5. The topological polar surface area (TPSA) is 66.6 Å². The molecule has 0 saturated carbocycles. The maximum Gasteiger partial charge on any atom is 0.221 e. The molecule has 0 radical (unpaired) electrons. The molecule has 1 atom stereocenters. The van der Waals surface area contributed by atoms with Gasteiger partial charge >= 0.3 is 0 Å². The van der Waals surface area contributed by atoms with Gasteiger partial charge in [-0.05, 0) is 85.6 Å². The molecule has 50 heavy (non-hydrogen) atoms. The highest BCUT2D eigenvalue weighted by Crippen LogP contribution is 2.49. The lowest BCUT2D eigenvalue weighted by atomic mass is 9.76. The number of rotatable bonds is 2. The second-order valence-corrected chi connectivity index (χ2v) is 13.2. The van der Waals surface area contributed by atoms with Gasteiger partial charge in [-0.15, -0.1) is 0 Å². The van der Waals surface area contributed by atoms with E-state index in [1.54, 1.807) is 31.3 Å². The zero-order valence-corrected chi connectivity index (χ0v) is 27.0. The lowest BCUT2D eigenvalue weighted by molar-refractivity contribution is 0.415. The molecule has 10 aromatic rings. The fourth-order valence-electron chi connectivity index (χ4n) is 7.90. The van der Waals surface area contributed by atoms with E-state index in [-0.39, 0.29) is 5.56 Å². The standard InChI is InChI=1S/C42H31N7O/c1-24-11-9-17-33-38(24)44-40-46(29-13-5-6-14-30(29)47(33)40)26-19-20-35-27(21-26)42(3,4)28-22-37(43-23-36(28)50-35)49-32-16-8-7-15-31(32)48-34-18-10-12-25(2)39(34)45-41(48)49/h5-23H,1-4H3/i1D3,3D3. The summed E-state index contributed by atoms with van der Waals surface area (Å²) in [5.41, 5.74) is 7.61. The molecule has 0 amide bonds. The van der Waals surface area contributed by atoms with Gasteiger partial charge in [0.25, 0.3) is 0 Å². The molecule has 1 aliphatic rings. The van der Waals surface area contributed by atoms with Gasteiger partial charge in [0.05, 0.1) is 50.3 Å². The van der Waals surface area contributed by atoms with Crippen LogP contribution in [0.15, 0.2) is 115 Å². The summed E-state index contributed by atoms with van der Waals surface area (Å²) in [5, 5.41) is 0. The summed E-state index contributed by atoms with van der Waals surface area (Å²) in [5.74, 6) is 2.44. The second-order valence-electron chi connectivity index (χ2n) is 13.2. The minimum atomic E-state index is -2.53. The third kappa shape index (κ3) is 3.42. The number of imidazole rings is 4. The molecular weight excluding hydrogens is 619 g/mol. The minimum absolute atomic E-state index is 0.162. The van der Waals surface area contributed by atoms with Gasteiger partial charge in [0, 0.05) is 30.5 Å². The molecule has 8 heteroatoms. The van der Waals surface area contributed by atoms with Crippen molar-refractivity contribution in [2.45, 2.75) is 33.0 Å². The predicted molar refractivity (Wildman–Crippen MR) is 199 cm³/mol. The number of aryl methyl sites for hydroxylation is 2. The Labute approximate surface area is 294 Å². The van der Waals surface area contributed by atoms with Gasteiger partial charge in [-0.25, -0.2) is 15.0 Å². The number of hydrogen-bond donors (Lipinski definition) is 0. The first-order valence-electron chi connectivity index (χ1n) is 19.5. The SMILES string of the molecule is [2H]C([2H])([2H])c1cccc2c1nc1n(-c3ccc4c(c3)C(C)(C([2H])([2H])[2H])c3cc(-n5c6ccccc6n6c7cccc(C)c7nc56)ncc3O4)c3ccccc3n21. The highest BCUT2D eigenvalue weighted by atomic mass is 16.5. The molecule has 1 unspecified atom stereocenters. The molecule has 0 saturated heterocycles. The van der Waals surface area contributed by atoms with E-state index in [0.29, 0.717) is 56.7 Å². The Kier molecular flexibility index (Phi) is 4.18. The van der Waals surface area contributed by atoms with E-state index in [2.05, 4.69) is 4.40 Å². The lowest BCUT2D eigenvalue weighted by Gasteiger charge is -2.35. The van der Waals surface area contributed by atoms with E-state index in [4.69, 9.17) is 27.9 Å². The third-order valence-corrected chi connectivity index (χ3v) is 10.3. The Bertz CT molecular complexity index is 3310. The van der Waals surface area contributed by atoms with Crippen LogP contribution >= 0.6 is 0 Å². The Morgan fingerprint density at radius 1 is 0.620 bits per heavy atom. The number of ether oxygens (including phenoxy) is 1. The Balaban J connectivity index is 1.15. The Morgan fingerprint density at radius 2 is 1.22 bits per heavy atom. The van der Waals surface area contributed by atoms with Crippen LogP contribution in [-0.4, -0.2) is 32.9 Å². The van der Waals surface area contributed by atoms with E-state index in [1.807, 2.05) is 111 Å². The third-order valence-electron chi connectivity index (χ3n) is 10.3. The first kappa shape index (κ1) is 22.3. The number of hydrogen-bond acceptors (Lipinski definition) is 4. The predicted octanol–water partition coefficient (Wildman–Crippen LogP) is 9.62. The van der Waals surface area contributed by atoms with Gasteiger partial charge in [-0.3, -0.25) is 17.9 Å². The van der Waals surface area contributed by atoms with Crippen LogP contribution in [-0.2, 0) is 5.41 Å². The molecule has 240 valence electrons. The minimum Gasteiger partial charge on any atom is -0.455 e. The van der Waals surface area contributed by atoms with Gasteiger partial charge in [0.1, 0.15) is 17.3 Å². The van der Waals surface area contributed by atoms with Crippen LogP contribution in [0.4, 0.5) is 0 Å². The van der Waals surface area contributed by atoms with Gasteiger partial charge < -0.3 is 4.74 Å². The highest BCUT2D eigenvalue weighted by molar-refractivity contribution is 5.94. The van der Waals surface area contributed by atoms with Crippen molar-refractivity contribution in [1.82, 2.24) is 32.9 Å². The van der Waals surface area contributed by atoms with Crippen LogP contribution in [0.5, 0.6) is 11.5 Å². The molecule has 0 aliphatic carbocycles.